The number of rotatable bonds is 8. The highest BCUT2D eigenvalue weighted by Crippen LogP contribution is 2.34. The van der Waals surface area contributed by atoms with Gasteiger partial charge in [0.25, 0.3) is 11.1 Å². The molecule has 0 spiro atoms. The largest absolute Gasteiger partial charge is 0.497 e. The summed E-state index contributed by atoms with van der Waals surface area (Å²) in [5, 5.41) is 10.8. The number of imide groups is 1. The van der Waals surface area contributed by atoms with Gasteiger partial charge in [0.15, 0.2) is 6.61 Å². The molecule has 1 saturated heterocycles. The molecule has 3 amide bonds. The molecule has 166 valence electrons. The van der Waals surface area contributed by atoms with Crippen LogP contribution in [-0.4, -0.2) is 53.3 Å². The number of carboxylic acid groups (broad SMARTS) is 1. The van der Waals surface area contributed by atoms with Gasteiger partial charge >= 0.3 is 5.97 Å². The lowest BCUT2D eigenvalue weighted by atomic mass is 10.2. The number of hydrogen-bond donors (Lipinski definition) is 2. The number of carbonyl (C=O) groups excluding carboxylic acids is 3. The van der Waals surface area contributed by atoms with Gasteiger partial charge in [0.05, 0.1) is 16.5 Å². The topological polar surface area (TPSA) is 122 Å². The molecule has 1 heterocycles. The number of halogens is 1. The van der Waals surface area contributed by atoms with Crippen LogP contribution in [0.15, 0.2) is 51.8 Å². The molecule has 0 atom stereocenters. The average molecular weight is 521 g/mol. The number of benzene rings is 2. The normalized spacial score (nSPS) is 14.6. The Morgan fingerprint density at radius 1 is 1.19 bits per heavy atom. The van der Waals surface area contributed by atoms with Crippen LogP contribution < -0.4 is 14.8 Å². The standard InChI is InChI=1S/C21H17BrN2O7S/c1-30-14-5-3-13(4-6-14)23-18(25)10-24-20(28)17(32-21(24)29)9-12-2-7-16(15(22)8-12)31-11-19(26)27/h2-9H,10-11H2,1H3,(H,23,25)(H,26,27)/b17-9+. The molecule has 1 aliphatic rings. The third-order valence-corrected chi connectivity index (χ3v) is 5.68. The molecule has 9 nitrogen and oxygen atoms in total. The van der Waals surface area contributed by atoms with Crippen LogP contribution in [0.2, 0.25) is 0 Å². The van der Waals surface area contributed by atoms with Gasteiger partial charge in [-0.1, -0.05) is 6.07 Å². The van der Waals surface area contributed by atoms with Crippen LogP contribution in [0.25, 0.3) is 6.08 Å². The molecule has 0 aliphatic carbocycles. The number of ether oxygens (including phenoxy) is 2. The highest BCUT2D eigenvalue weighted by molar-refractivity contribution is 9.10. The second-order valence-corrected chi connectivity index (χ2v) is 8.26. The molecular formula is C21H17BrN2O7S. The number of nitrogens with one attached hydrogen (secondary N) is 1. The number of carbonyl (C=O) groups is 4. The van der Waals surface area contributed by atoms with Crippen LogP contribution in [0.1, 0.15) is 5.56 Å². The Balaban J connectivity index is 1.65. The van der Waals surface area contributed by atoms with Crippen LogP contribution in [0.5, 0.6) is 11.5 Å². The van der Waals surface area contributed by atoms with Gasteiger partial charge in [-0.25, -0.2) is 4.79 Å². The molecular weight excluding hydrogens is 504 g/mol. The van der Waals surface area contributed by atoms with Gasteiger partial charge in [-0.05, 0) is 75.7 Å². The Morgan fingerprint density at radius 2 is 1.91 bits per heavy atom. The zero-order valence-electron chi connectivity index (χ0n) is 16.7. The van der Waals surface area contributed by atoms with E-state index >= 15 is 0 Å². The van der Waals surface area contributed by atoms with Crippen molar-refractivity contribution in [1.29, 1.82) is 0 Å². The smallest absolute Gasteiger partial charge is 0.341 e. The van der Waals surface area contributed by atoms with Crippen molar-refractivity contribution in [2.24, 2.45) is 0 Å². The zero-order chi connectivity index (χ0) is 23.3. The van der Waals surface area contributed by atoms with Crippen molar-refractivity contribution in [2.75, 3.05) is 25.6 Å². The van der Waals surface area contributed by atoms with Crippen molar-refractivity contribution < 1.29 is 33.8 Å². The summed E-state index contributed by atoms with van der Waals surface area (Å²) in [6, 6.07) is 11.4. The minimum Gasteiger partial charge on any atom is -0.497 e. The SMILES string of the molecule is COc1ccc(NC(=O)CN2C(=O)S/C(=C/c3ccc(OCC(=O)O)c(Br)c3)C2=O)cc1. The molecule has 11 heteroatoms. The predicted octanol–water partition coefficient (Wildman–Crippen LogP) is 3.60. The first-order valence-corrected chi connectivity index (χ1v) is 10.7. The highest BCUT2D eigenvalue weighted by Gasteiger charge is 2.36. The molecule has 2 aromatic carbocycles. The summed E-state index contributed by atoms with van der Waals surface area (Å²) in [6.45, 7) is -0.908. The maximum atomic E-state index is 12.6. The fourth-order valence-electron chi connectivity index (χ4n) is 2.67. The fraction of sp³-hybridized carbons (Fsp3) is 0.143. The fourth-order valence-corrected chi connectivity index (χ4v) is 4.02. The molecule has 2 aromatic rings. The number of aliphatic carboxylic acids is 1. The second kappa shape index (κ2) is 10.3. The van der Waals surface area contributed by atoms with Crippen LogP contribution in [0, 0.1) is 0 Å². The van der Waals surface area contributed by atoms with Crippen LogP contribution >= 0.6 is 27.7 Å². The van der Waals surface area contributed by atoms with Crippen LogP contribution in [-0.2, 0) is 14.4 Å². The zero-order valence-corrected chi connectivity index (χ0v) is 19.1. The molecule has 0 saturated carbocycles. The Labute approximate surface area is 195 Å². The third-order valence-electron chi connectivity index (χ3n) is 4.15. The second-order valence-electron chi connectivity index (χ2n) is 6.42. The van der Waals surface area contributed by atoms with Gasteiger partial charge in [-0.3, -0.25) is 19.3 Å². The Kier molecular flexibility index (Phi) is 7.54. The molecule has 2 N–H and O–H groups in total. The summed E-state index contributed by atoms with van der Waals surface area (Å²) in [5.41, 5.74) is 1.10. The Morgan fingerprint density at radius 3 is 2.53 bits per heavy atom. The molecule has 32 heavy (non-hydrogen) atoms. The van der Waals surface area contributed by atoms with E-state index < -0.39 is 36.2 Å². The summed E-state index contributed by atoms with van der Waals surface area (Å²) >= 11 is 4.01. The van der Waals surface area contributed by atoms with Gasteiger partial charge < -0.3 is 19.9 Å². The summed E-state index contributed by atoms with van der Waals surface area (Å²) in [6.07, 6.45) is 1.51. The van der Waals surface area contributed by atoms with Gasteiger partial charge in [0.1, 0.15) is 18.0 Å². The minimum absolute atomic E-state index is 0.165. The number of amides is 3. The number of anilines is 1. The van der Waals surface area contributed by atoms with E-state index in [4.69, 9.17) is 14.6 Å². The van der Waals surface area contributed by atoms with Gasteiger partial charge in [-0.15, -0.1) is 0 Å². The van der Waals surface area contributed by atoms with Crippen molar-refractivity contribution in [1.82, 2.24) is 4.90 Å². The number of carboxylic acids is 1. The Hall–Kier alpha value is -3.31. The van der Waals surface area contributed by atoms with E-state index in [-0.39, 0.29) is 4.91 Å². The first kappa shape index (κ1) is 23.4. The van der Waals surface area contributed by atoms with E-state index in [0.29, 0.717) is 27.2 Å². The molecule has 3 rings (SSSR count). The van der Waals surface area contributed by atoms with Gasteiger partial charge in [0, 0.05) is 5.69 Å². The van der Waals surface area contributed by atoms with E-state index in [1.165, 1.54) is 13.2 Å². The quantitative estimate of drug-likeness (QED) is 0.506. The molecule has 1 aliphatic heterocycles. The first-order chi connectivity index (χ1) is 15.3. The van der Waals surface area contributed by atoms with Gasteiger partial charge in [-0.2, -0.15) is 0 Å². The Bertz CT molecular complexity index is 1100. The molecule has 0 aromatic heterocycles. The van der Waals surface area contributed by atoms with Crippen molar-refractivity contribution in [2.45, 2.75) is 0 Å². The molecule has 0 bridgehead atoms. The maximum absolute atomic E-state index is 12.6. The number of nitrogens with zero attached hydrogens (tertiary/aromatic N) is 1. The van der Waals surface area contributed by atoms with E-state index in [0.717, 1.165) is 16.7 Å². The van der Waals surface area contributed by atoms with Crippen molar-refractivity contribution >= 4 is 62.5 Å². The minimum atomic E-state index is -1.11. The lowest BCUT2D eigenvalue weighted by Gasteiger charge is -2.12. The third kappa shape index (κ3) is 5.89. The maximum Gasteiger partial charge on any atom is 0.341 e. The van der Waals surface area contributed by atoms with E-state index in [2.05, 4.69) is 21.2 Å². The molecule has 0 radical (unpaired) electrons. The predicted molar refractivity (Wildman–Crippen MR) is 122 cm³/mol. The van der Waals surface area contributed by atoms with Crippen LogP contribution in [0.4, 0.5) is 10.5 Å². The van der Waals surface area contributed by atoms with Crippen molar-refractivity contribution in [3.63, 3.8) is 0 Å². The summed E-state index contributed by atoms with van der Waals surface area (Å²) in [5.74, 6) is -1.24. The van der Waals surface area contributed by atoms with Crippen molar-refractivity contribution in [3.05, 3.63) is 57.4 Å². The van der Waals surface area contributed by atoms with Crippen molar-refractivity contribution in [3.8, 4) is 11.5 Å². The number of hydrogen-bond acceptors (Lipinski definition) is 7. The van der Waals surface area contributed by atoms with Gasteiger partial charge in [0.2, 0.25) is 5.91 Å². The molecule has 0 unspecified atom stereocenters. The molecule has 1 fully saturated rings. The highest BCUT2D eigenvalue weighted by atomic mass is 79.9. The summed E-state index contributed by atoms with van der Waals surface area (Å²) in [7, 11) is 1.53. The summed E-state index contributed by atoms with van der Waals surface area (Å²) < 4.78 is 10.7. The first-order valence-electron chi connectivity index (χ1n) is 9.10. The van der Waals surface area contributed by atoms with E-state index in [1.54, 1.807) is 42.5 Å². The van der Waals surface area contributed by atoms with Crippen LogP contribution in [0.3, 0.4) is 0 Å². The monoisotopic (exact) mass is 520 g/mol. The lowest BCUT2D eigenvalue weighted by molar-refractivity contribution is -0.139. The van der Waals surface area contributed by atoms with E-state index in [9.17, 15) is 19.2 Å². The lowest BCUT2D eigenvalue weighted by Crippen LogP contribution is -2.36. The average Bonchev–Trinajstić information content (AvgIpc) is 3.01. The van der Waals surface area contributed by atoms with E-state index in [1.807, 2.05) is 0 Å². The number of methoxy groups -OCH3 is 1. The number of thioether (sulfide) groups is 1. The summed E-state index contributed by atoms with van der Waals surface area (Å²) in [4.78, 5) is 48.9.